The molecule has 0 amide bonds. The first-order valence-electron chi connectivity index (χ1n) is 13.3. The zero-order valence-corrected chi connectivity index (χ0v) is 24.4. The van der Waals surface area contributed by atoms with Crippen LogP contribution in [0.4, 0.5) is 0 Å². The normalized spacial score (nSPS) is 19.8. The second-order valence-electron chi connectivity index (χ2n) is 10.4. The van der Waals surface area contributed by atoms with Crippen LogP contribution in [0.25, 0.3) is 0 Å². The molecule has 0 saturated heterocycles. The van der Waals surface area contributed by atoms with Crippen LogP contribution in [0.15, 0.2) is 52.5 Å². The van der Waals surface area contributed by atoms with Crippen molar-refractivity contribution >= 4 is 27.3 Å². The van der Waals surface area contributed by atoms with E-state index in [0.29, 0.717) is 0 Å². The van der Waals surface area contributed by atoms with Crippen LogP contribution in [0, 0.1) is 6.92 Å². The van der Waals surface area contributed by atoms with Gasteiger partial charge < -0.3 is 29.9 Å². The van der Waals surface area contributed by atoms with Gasteiger partial charge in [-0.25, -0.2) is 0 Å². The first-order valence-corrected chi connectivity index (χ1v) is 14.8. The Labute approximate surface area is 247 Å². The van der Waals surface area contributed by atoms with Gasteiger partial charge in [-0.3, -0.25) is 9.59 Å². The fraction of sp³-hybridized carbons (Fsp3) is 0.300. The highest BCUT2D eigenvalue weighted by Crippen LogP contribution is 2.51. The summed E-state index contributed by atoms with van der Waals surface area (Å²) in [6, 6.07) is 10.4. The van der Waals surface area contributed by atoms with Gasteiger partial charge in [-0.1, -0.05) is 29.8 Å². The Bertz CT molecular complexity index is 1780. The minimum Gasteiger partial charge on any atom is -0.507 e. The van der Waals surface area contributed by atoms with Crippen LogP contribution in [-0.4, -0.2) is 72.0 Å². The number of hydrogen-bond acceptors (Lipinski definition) is 11. The Morgan fingerprint density at radius 2 is 1.72 bits per heavy atom. The van der Waals surface area contributed by atoms with E-state index >= 15 is 0 Å². The summed E-state index contributed by atoms with van der Waals surface area (Å²) in [4.78, 5) is 29.1. The molecule has 2 aliphatic carbocycles. The maximum absolute atomic E-state index is 13.5. The largest absolute Gasteiger partial charge is 0.507 e. The lowest BCUT2D eigenvalue weighted by Crippen LogP contribution is -2.48. The molecule has 226 valence electrons. The fourth-order valence-electron chi connectivity index (χ4n) is 5.52. The monoisotopic (exact) mass is 610 g/mol. The smallest absolute Gasteiger partial charge is 0.276 e. The van der Waals surface area contributed by atoms with Crippen molar-refractivity contribution in [3.05, 3.63) is 81.4 Å². The van der Waals surface area contributed by atoms with Gasteiger partial charge in [0, 0.05) is 36.1 Å². The number of carbonyl (C=O) groups is 2. The summed E-state index contributed by atoms with van der Waals surface area (Å²) < 4.78 is 36.5. The number of aryl methyl sites for hydroxylation is 1. The molecule has 0 unspecified atom stereocenters. The number of phenols is 2. The minimum atomic E-state index is -4.16. The predicted octanol–water partition coefficient (Wildman–Crippen LogP) is 2.27. The van der Waals surface area contributed by atoms with Crippen molar-refractivity contribution in [3.8, 4) is 17.2 Å². The average Bonchev–Trinajstić information content (AvgIpc) is 2.97. The number of aromatic hydroxyl groups is 2. The number of carbonyl (C=O) groups excluding carboxylic acids is 2. The van der Waals surface area contributed by atoms with E-state index in [4.69, 9.17) is 9.47 Å². The molecule has 13 heteroatoms. The van der Waals surface area contributed by atoms with Crippen molar-refractivity contribution in [1.29, 1.82) is 0 Å². The summed E-state index contributed by atoms with van der Waals surface area (Å²) in [5, 5.41) is 49.5. The van der Waals surface area contributed by atoms with E-state index in [9.17, 15) is 38.4 Å². The van der Waals surface area contributed by atoms with Crippen LogP contribution in [0.5, 0.6) is 17.2 Å². The molecule has 0 bridgehead atoms. The molecule has 0 aliphatic heterocycles. The van der Waals surface area contributed by atoms with Gasteiger partial charge in [-0.2, -0.15) is 18.4 Å². The molecule has 0 aromatic heterocycles. The number of fused-ring (bicyclic) bond motifs is 3. The lowest BCUT2D eigenvalue weighted by Gasteiger charge is -2.38. The van der Waals surface area contributed by atoms with E-state index in [1.807, 2.05) is 0 Å². The van der Waals surface area contributed by atoms with Crippen LogP contribution >= 0.6 is 0 Å². The Balaban J connectivity index is 1.60. The molecule has 0 heterocycles. The van der Waals surface area contributed by atoms with E-state index in [2.05, 4.69) is 9.93 Å². The molecule has 12 nitrogen and oxygen atoms in total. The SMILES string of the molecule is CCOCC(=NNS(=O)(=O)c1ccc(C)cc1)[C@]1(O)Cc2c(O)c3c(c(O)c2[C@@H](O)C1)C(=O)c1c(OC)cccc1C3=O. The molecular weight excluding hydrogens is 580 g/mol. The van der Waals surface area contributed by atoms with Gasteiger partial charge in [-0.15, -0.1) is 0 Å². The Morgan fingerprint density at radius 3 is 2.37 bits per heavy atom. The molecule has 0 spiro atoms. The van der Waals surface area contributed by atoms with Crippen molar-refractivity contribution in [2.24, 2.45) is 5.10 Å². The number of nitrogens with one attached hydrogen (secondary N) is 1. The van der Waals surface area contributed by atoms with E-state index < -0.39 is 68.8 Å². The van der Waals surface area contributed by atoms with Gasteiger partial charge in [0.05, 0.1) is 47.1 Å². The van der Waals surface area contributed by atoms with Gasteiger partial charge in [0.1, 0.15) is 22.8 Å². The molecule has 0 fully saturated rings. The Hall–Kier alpha value is -4.30. The summed E-state index contributed by atoms with van der Waals surface area (Å²) in [5.74, 6) is -2.87. The molecule has 0 saturated carbocycles. The molecule has 0 radical (unpaired) electrons. The van der Waals surface area contributed by atoms with Gasteiger partial charge in [0.2, 0.25) is 5.78 Å². The number of sulfonamides is 1. The second-order valence-corrected chi connectivity index (χ2v) is 12.1. The minimum absolute atomic E-state index is 0.0535. The van der Waals surface area contributed by atoms with E-state index in [-0.39, 0.29) is 51.8 Å². The molecule has 2 atom stereocenters. The number of ether oxygens (including phenoxy) is 2. The lowest BCUT2D eigenvalue weighted by molar-refractivity contribution is 0.0209. The number of nitrogens with zero attached hydrogens (tertiary/aromatic N) is 1. The quantitative estimate of drug-likeness (QED) is 0.112. The van der Waals surface area contributed by atoms with Crippen LogP contribution in [0.2, 0.25) is 0 Å². The number of aliphatic hydroxyl groups excluding tert-OH is 1. The number of benzene rings is 3. The highest BCUT2D eigenvalue weighted by atomic mass is 32.2. The van der Waals surface area contributed by atoms with Crippen molar-refractivity contribution < 1.29 is 47.9 Å². The molecule has 3 aromatic carbocycles. The van der Waals surface area contributed by atoms with Crippen LogP contribution in [0.3, 0.4) is 0 Å². The number of hydrazone groups is 1. The van der Waals surface area contributed by atoms with Crippen molar-refractivity contribution in [2.45, 2.75) is 43.3 Å². The highest BCUT2D eigenvalue weighted by Gasteiger charge is 2.47. The number of phenolic OH excluding ortho intramolecular Hbond substituents is 2. The number of methoxy groups -OCH3 is 1. The van der Waals surface area contributed by atoms with Gasteiger partial charge >= 0.3 is 0 Å². The highest BCUT2D eigenvalue weighted by molar-refractivity contribution is 7.89. The van der Waals surface area contributed by atoms with Crippen molar-refractivity contribution in [1.82, 2.24) is 4.83 Å². The first kappa shape index (κ1) is 30.2. The third-order valence-electron chi connectivity index (χ3n) is 7.71. The van der Waals surface area contributed by atoms with E-state index in [0.717, 1.165) is 5.56 Å². The molecule has 5 N–H and O–H groups in total. The maximum atomic E-state index is 13.5. The van der Waals surface area contributed by atoms with Crippen LogP contribution in [-0.2, 0) is 21.2 Å². The summed E-state index contributed by atoms with van der Waals surface area (Å²) in [6.07, 6.45) is -2.67. The standard InChI is InChI=1S/C30H30N2O10S/c1-4-42-14-21(31-32-43(39,40)16-10-8-15(2)9-11-16)30(38)12-18-22(19(33)13-30)28(36)25-24(27(18)35)26(34)17-6-5-7-20(41-3)23(17)29(25)37/h5-11,19,32-33,35-36,38H,4,12-14H2,1-3H3/t19-,30-/m0/s1. The number of ketones is 2. The van der Waals surface area contributed by atoms with Crippen molar-refractivity contribution in [2.75, 3.05) is 20.3 Å². The molecule has 3 aromatic rings. The number of hydrogen-bond donors (Lipinski definition) is 5. The number of aliphatic hydroxyl groups is 2. The van der Waals surface area contributed by atoms with Crippen molar-refractivity contribution in [3.63, 3.8) is 0 Å². The summed E-state index contributed by atoms with van der Waals surface area (Å²) in [7, 11) is -2.84. The molecule has 43 heavy (non-hydrogen) atoms. The zero-order valence-electron chi connectivity index (χ0n) is 23.5. The molecule has 2 aliphatic rings. The third kappa shape index (κ3) is 5.03. The molecule has 5 rings (SSSR count). The zero-order chi connectivity index (χ0) is 31.3. The molecular formula is C30H30N2O10S. The van der Waals surface area contributed by atoms with Gasteiger partial charge in [0.15, 0.2) is 5.78 Å². The topological polar surface area (TPSA) is 192 Å². The van der Waals surface area contributed by atoms with E-state index in [1.54, 1.807) is 26.0 Å². The average molecular weight is 611 g/mol. The van der Waals surface area contributed by atoms with Gasteiger partial charge in [0.25, 0.3) is 10.0 Å². The second kappa shape index (κ2) is 11.1. The van der Waals surface area contributed by atoms with E-state index in [1.165, 1.54) is 37.4 Å². The Kier molecular flexibility index (Phi) is 7.77. The maximum Gasteiger partial charge on any atom is 0.276 e. The predicted molar refractivity (Wildman–Crippen MR) is 153 cm³/mol. The fourth-order valence-corrected chi connectivity index (χ4v) is 6.35. The summed E-state index contributed by atoms with van der Waals surface area (Å²) >= 11 is 0. The Morgan fingerprint density at radius 1 is 1.05 bits per heavy atom. The number of rotatable bonds is 8. The van der Waals surface area contributed by atoms with Crippen LogP contribution in [0.1, 0.15) is 68.0 Å². The summed E-state index contributed by atoms with van der Waals surface area (Å²) in [5.41, 5.74) is -3.03. The third-order valence-corrected chi connectivity index (χ3v) is 8.93. The van der Waals surface area contributed by atoms with Crippen LogP contribution < -0.4 is 9.57 Å². The summed E-state index contributed by atoms with van der Waals surface area (Å²) in [6.45, 7) is 3.30. The first-order chi connectivity index (χ1) is 20.3. The van der Waals surface area contributed by atoms with Gasteiger partial charge in [-0.05, 0) is 32.0 Å². The lowest BCUT2D eigenvalue weighted by atomic mass is 9.71.